The van der Waals surface area contributed by atoms with Gasteiger partial charge in [-0.25, -0.2) is 8.42 Å². The van der Waals surface area contributed by atoms with Crippen LogP contribution in [0.15, 0.2) is 29.2 Å². The van der Waals surface area contributed by atoms with Crippen LogP contribution in [-0.4, -0.2) is 34.3 Å². The zero-order valence-electron chi connectivity index (χ0n) is 11.4. The second-order valence-electron chi connectivity index (χ2n) is 5.24. The second kappa shape index (κ2) is 6.50. The minimum atomic E-state index is -3.08. The lowest BCUT2D eigenvalue weighted by Crippen LogP contribution is -2.28. The van der Waals surface area contributed by atoms with Crippen molar-refractivity contribution >= 4 is 9.84 Å². The maximum absolute atomic E-state index is 11.3. The molecule has 2 rings (SSSR count). The number of hydrogen-bond acceptors (Lipinski definition) is 4. The Morgan fingerprint density at radius 2 is 1.74 bits per heavy atom. The Morgan fingerprint density at radius 1 is 1.11 bits per heavy atom. The summed E-state index contributed by atoms with van der Waals surface area (Å²) in [7, 11) is -3.08. The molecule has 1 aliphatic rings. The zero-order chi connectivity index (χ0) is 13.7. The molecule has 0 spiro atoms. The van der Waals surface area contributed by atoms with Gasteiger partial charge in [0, 0.05) is 25.9 Å². The molecule has 0 saturated heterocycles. The predicted octanol–water partition coefficient (Wildman–Crippen LogP) is 1.18. The van der Waals surface area contributed by atoms with Gasteiger partial charge in [0.15, 0.2) is 9.84 Å². The van der Waals surface area contributed by atoms with Crippen LogP contribution in [0, 0.1) is 5.92 Å². The summed E-state index contributed by atoms with van der Waals surface area (Å²) >= 11 is 0. The van der Waals surface area contributed by atoms with E-state index in [2.05, 4.69) is 10.6 Å². The molecule has 0 heterocycles. The monoisotopic (exact) mass is 282 g/mol. The fourth-order valence-corrected chi connectivity index (χ4v) is 2.52. The highest BCUT2D eigenvalue weighted by Gasteiger charge is 2.19. The van der Waals surface area contributed by atoms with Crippen LogP contribution in [0.1, 0.15) is 18.4 Å². The molecule has 0 atom stereocenters. The number of rotatable bonds is 8. The number of hydrogen-bond donors (Lipinski definition) is 2. The zero-order valence-corrected chi connectivity index (χ0v) is 12.2. The van der Waals surface area contributed by atoms with Crippen molar-refractivity contribution in [3.05, 3.63) is 29.8 Å². The van der Waals surface area contributed by atoms with Crippen molar-refractivity contribution in [2.24, 2.45) is 5.92 Å². The van der Waals surface area contributed by atoms with Gasteiger partial charge in [-0.05, 0) is 43.0 Å². The summed E-state index contributed by atoms with van der Waals surface area (Å²) in [6.07, 6.45) is 3.99. The molecule has 1 aliphatic carbocycles. The van der Waals surface area contributed by atoms with Crippen molar-refractivity contribution in [3.63, 3.8) is 0 Å². The molecule has 2 N–H and O–H groups in total. The highest BCUT2D eigenvalue weighted by Crippen LogP contribution is 2.27. The number of nitrogens with one attached hydrogen (secondary N) is 2. The Hall–Kier alpha value is -0.910. The molecule has 0 unspecified atom stereocenters. The van der Waals surface area contributed by atoms with Crippen molar-refractivity contribution in [1.29, 1.82) is 0 Å². The van der Waals surface area contributed by atoms with Crippen LogP contribution in [0.4, 0.5) is 0 Å². The van der Waals surface area contributed by atoms with Crippen LogP contribution < -0.4 is 10.6 Å². The number of sulfone groups is 1. The summed E-state index contributed by atoms with van der Waals surface area (Å²) in [4.78, 5) is 0.377. The predicted molar refractivity (Wildman–Crippen MR) is 76.9 cm³/mol. The smallest absolute Gasteiger partial charge is 0.175 e. The maximum atomic E-state index is 11.3. The second-order valence-corrected chi connectivity index (χ2v) is 7.26. The van der Waals surface area contributed by atoms with E-state index in [1.54, 1.807) is 12.1 Å². The summed E-state index contributed by atoms with van der Waals surface area (Å²) < 4.78 is 22.6. The molecular weight excluding hydrogens is 260 g/mol. The van der Waals surface area contributed by atoms with Crippen LogP contribution in [0.5, 0.6) is 0 Å². The lowest BCUT2D eigenvalue weighted by atomic mass is 10.2. The summed E-state index contributed by atoms with van der Waals surface area (Å²) in [6, 6.07) is 7.05. The minimum Gasteiger partial charge on any atom is -0.315 e. The SMILES string of the molecule is CS(=O)(=O)c1ccc(CNCCNCC2CC2)cc1. The molecule has 1 aromatic carbocycles. The van der Waals surface area contributed by atoms with Crippen LogP contribution >= 0.6 is 0 Å². The Balaban J connectivity index is 1.65. The van der Waals surface area contributed by atoms with E-state index in [0.29, 0.717) is 4.90 Å². The third kappa shape index (κ3) is 5.30. The first-order valence-electron chi connectivity index (χ1n) is 6.76. The summed E-state index contributed by atoms with van der Waals surface area (Å²) in [5.74, 6) is 0.920. The average Bonchev–Trinajstić information content (AvgIpc) is 3.17. The Labute approximate surface area is 115 Å². The summed E-state index contributed by atoms with van der Waals surface area (Å²) in [6.45, 7) is 3.83. The first kappa shape index (κ1) is 14.5. The molecule has 106 valence electrons. The van der Waals surface area contributed by atoms with Gasteiger partial charge in [0.2, 0.25) is 0 Å². The normalized spacial score (nSPS) is 15.6. The summed E-state index contributed by atoms with van der Waals surface area (Å²) in [5, 5.41) is 6.76. The van der Waals surface area contributed by atoms with Crippen molar-refractivity contribution < 1.29 is 8.42 Å². The molecule has 0 amide bonds. The molecule has 1 aromatic rings. The van der Waals surface area contributed by atoms with Crippen molar-refractivity contribution in [1.82, 2.24) is 10.6 Å². The number of benzene rings is 1. The molecule has 4 nitrogen and oxygen atoms in total. The Bertz CT molecular complexity index is 493. The van der Waals surface area contributed by atoms with E-state index >= 15 is 0 Å². The van der Waals surface area contributed by atoms with Gasteiger partial charge in [-0.1, -0.05) is 12.1 Å². The van der Waals surface area contributed by atoms with E-state index in [0.717, 1.165) is 37.7 Å². The van der Waals surface area contributed by atoms with E-state index in [-0.39, 0.29) is 0 Å². The molecule has 1 saturated carbocycles. The van der Waals surface area contributed by atoms with Gasteiger partial charge < -0.3 is 10.6 Å². The van der Waals surface area contributed by atoms with E-state index in [1.807, 2.05) is 12.1 Å². The first-order chi connectivity index (χ1) is 9.05. The standard InChI is InChI=1S/C14H22N2O2S/c1-19(17,18)14-6-4-13(5-7-14)11-16-9-8-15-10-12-2-3-12/h4-7,12,15-16H,2-3,8-11H2,1H3. The van der Waals surface area contributed by atoms with Gasteiger partial charge in [0.05, 0.1) is 4.90 Å². The third-order valence-corrected chi connectivity index (χ3v) is 4.42. The van der Waals surface area contributed by atoms with Crippen LogP contribution in [0.2, 0.25) is 0 Å². The highest BCUT2D eigenvalue weighted by atomic mass is 32.2. The van der Waals surface area contributed by atoms with Crippen molar-refractivity contribution in [2.45, 2.75) is 24.3 Å². The molecule has 0 aliphatic heterocycles. The van der Waals surface area contributed by atoms with Crippen LogP contribution in [0.25, 0.3) is 0 Å². The average molecular weight is 282 g/mol. The molecule has 0 aromatic heterocycles. The molecule has 19 heavy (non-hydrogen) atoms. The van der Waals surface area contributed by atoms with Crippen molar-refractivity contribution in [2.75, 3.05) is 25.9 Å². The van der Waals surface area contributed by atoms with Gasteiger partial charge in [-0.15, -0.1) is 0 Å². The minimum absolute atomic E-state index is 0.377. The highest BCUT2D eigenvalue weighted by molar-refractivity contribution is 7.90. The van der Waals surface area contributed by atoms with Gasteiger partial charge in [0.1, 0.15) is 0 Å². The van der Waals surface area contributed by atoms with Crippen LogP contribution in [0.3, 0.4) is 0 Å². The largest absolute Gasteiger partial charge is 0.315 e. The van der Waals surface area contributed by atoms with Crippen molar-refractivity contribution in [3.8, 4) is 0 Å². The lowest BCUT2D eigenvalue weighted by molar-refractivity contribution is 0.589. The molecule has 1 fully saturated rings. The quantitative estimate of drug-likeness (QED) is 0.703. The van der Waals surface area contributed by atoms with Gasteiger partial charge in [-0.2, -0.15) is 0 Å². The van der Waals surface area contributed by atoms with E-state index < -0.39 is 9.84 Å². The van der Waals surface area contributed by atoms with Gasteiger partial charge in [0.25, 0.3) is 0 Å². The molecule has 0 bridgehead atoms. The Morgan fingerprint density at radius 3 is 2.32 bits per heavy atom. The molecular formula is C14H22N2O2S. The fraction of sp³-hybridized carbons (Fsp3) is 0.571. The third-order valence-electron chi connectivity index (χ3n) is 3.29. The van der Waals surface area contributed by atoms with E-state index in [1.165, 1.54) is 19.1 Å². The maximum Gasteiger partial charge on any atom is 0.175 e. The van der Waals surface area contributed by atoms with E-state index in [4.69, 9.17) is 0 Å². The Kier molecular flexibility index (Phi) is 4.96. The molecule has 0 radical (unpaired) electrons. The lowest BCUT2D eigenvalue weighted by Gasteiger charge is -2.07. The topological polar surface area (TPSA) is 58.2 Å². The summed E-state index contributed by atoms with van der Waals surface area (Å²) in [5.41, 5.74) is 1.11. The van der Waals surface area contributed by atoms with Gasteiger partial charge >= 0.3 is 0 Å². The van der Waals surface area contributed by atoms with Crippen LogP contribution in [-0.2, 0) is 16.4 Å². The van der Waals surface area contributed by atoms with E-state index in [9.17, 15) is 8.42 Å². The fourth-order valence-electron chi connectivity index (χ4n) is 1.89. The molecule has 5 heteroatoms. The van der Waals surface area contributed by atoms with Gasteiger partial charge in [-0.3, -0.25) is 0 Å². The first-order valence-corrected chi connectivity index (χ1v) is 8.65.